The van der Waals surface area contributed by atoms with Crippen LogP contribution < -0.4 is 5.32 Å². The Morgan fingerprint density at radius 2 is 1.92 bits per heavy atom. The van der Waals surface area contributed by atoms with E-state index in [1.165, 1.54) is 0 Å². The van der Waals surface area contributed by atoms with E-state index in [9.17, 15) is 13.2 Å². The Labute approximate surface area is 155 Å². The van der Waals surface area contributed by atoms with Crippen molar-refractivity contribution in [2.24, 2.45) is 0 Å². The average Bonchev–Trinajstić information content (AvgIpc) is 2.91. The van der Waals surface area contributed by atoms with Crippen molar-refractivity contribution in [3.63, 3.8) is 0 Å². The molecule has 1 amide bonds. The number of aryl methyl sites for hydroxylation is 1. The number of carbonyl (C=O) groups excluding carboxylic acids is 1. The normalized spacial score (nSPS) is 16.8. The molecule has 7 heteroatoms. The number of hydrogen-bond donors (Lipinski definition) is 1. The summed E-state index contributed by atoms with van der Waals surface area (Å²) in [5.41, 5.74) is 2.11. The van der Waals surface area contributed by atoms with Crippen LogP contribution in [0.25, 0.3) is 10.9 Å². The van der Waals surface area contributed by atoms with Crippen LogP contribution in [0.4, 0.5) is 0 Å². The molecular formula is C19H27N3O3S. The highest BCUT2D eigenvalue weighted by molar-refractivity contribution is 7.89. The second kappa shape index (κ2) is 7.80. The van der Waals surface area contributed by atoms with Crippen LogP contribution >= 0.6 is 0 Å². The molecule has 1 fully saturated rings. The number of carbonyl (C=O) groups is 1. The summed E-state index contributed by atoms with van der Waals surface area (Å²) in [7, 11) is -3.14. The Bertz CT molecular complexity index is 881. The number of sulfonamides is 1. The zero-order valence-electron chi connectivity index (χ0n) is 15.4. The first-order valence-electron chi connectivity index (χ1n) is 9.23. The van der Waals surface area contributed by atoms with Gasteiger partial charge in [0.1, 0.15) is 6.54 Å². The van der Waals surface area contributed by atoms with Gasteiger partial charge in [0.15, 0.2) is 0 Å². The predicted octanol–water partition coefficient (Wildman–Crippen LogP) is 2.27. The van der Waals surface area contributed by atoms with Gasteiger partial charge in [0.05, 0.1) is 5.75 Å². The van der Waals surface area contributed by atoms with Crippen molar-refractivity contribution in [1.29, 1.82) is 0 Å². The van der Waals surface area contributed by atoms with E-state index < -0.39 is 10.0 Å². The number of benzene rings is 1. The maximum atomic E-state index is 12.5. The van der Waals surface area contributed by atoms with Crippen molar-refractivity contribution < 1.29 is 13.2 Å². The van der Waals surface area contributed by atoms with E-state index in [4.69, 9.17) is 0 Å². The Hall–Kier alpha value is -1.86. The lowest BCUT2D eigenvalue weighted by Crippen LogP contribution is -2.47. The summed E-state index contributed by atoms with van der Waals surface area (Å²) >= 11 is 0. The Morgan fingerprint density at radius 1 is 1.23 bits per heavy atom. The van der Waals surface area contributed by atoms with Crippen LogP contribution in [0.15, 0.2) is 30.3 Å². The fourth-order valence-electron chi connectivity index (χ4n) is 3.64. The average molecular weight is 378 g/mol. The van der Waals surface area contributed by atoms with E-state index in [0.717, 1.165) is 16.6 Å². The minimum Gasteiger partial charge on any atom is -0.352 e. The van der Waals surface area contributed by atoms with Crippen LogP contribution in [-0.2, 0) is 21.4 Å². The van der Waals surface area contributed by atoms with Gasteiger partial charge < -0.3 is 9.88 Å². The second-order valence-corrected chi connectivity index (χ2v) is 9.08. The molecule has 0 atom stereocenters. The number of para-hydroxylation sites is 1. The molecule has 0 spiro atoms. The molecule has 3 rings (SSSR count). The van der Waals surface area contributed by atoms with Gasteiger partial charge in [-0.2, -0.15) is 0 Å². The molecule has 6 nitrogen and oxygen atoms in total. The number of nitrogens with one attached hydrogen (secondary N) is 1. The summed E-state index contributed by atoms with van der Waals surface area (Å²) < 4.78 is 27.8. The summed E-state index contributed by atoms with van der Waals surface area (Å²) in [4.78, 5) is 12.5. The molecule has 142 valence electrons. The lowest BCUT2D eigenvalue weighted by Gasteiger charge is -2.31. The molecule has 0 radical (unpaired) electrons. The minimum atomic E-state index is -3.14. The van der Waals surface area contributed by atoms with Crippen molar-refractivity contribution in [1.82, 2.24) is 14.2 Å². The first kappa shape index (κ1) is 18.9. The molecule has 0 saturated carbocycles. The Kier molecular flexibility index (Phi) is 5.67. The van der Waals surface area contributed by atoms with Crippen molar-refractivity contribution in [3.05, 3.63) is 36.0 Å². The first-order chi connectivity index (χ1) is 12.4. The van der Waals surface area contributed by atoms with Crippen LogP contribution in [0.3, 0.4) is 0 Å². The van der Waals surface area contributed by atoms with Crippen molar-refractivity contribution >= 4 is 26.8 Å². The standard InChI is InChI=1S/C19H27N3O3S/c1-3-12-26(24,25)21-10-8-17(9-11-21)20-19(23)14-22-15(2)13-16-6-4-5-7-18(16)22/h4-7,13,17H,3,8-12,14H2,1-2H3,(H,20,23). The Balaban J connectivity index is 1.57. The van der Waals surface area contributed by atoms with Crippen molar-refractivity contribution in [3.8, 4) is 0 Å². The largest absolute Gasteiger partial charge is 0.352 e. The number of hydrogen-bond acceptors (Lipinski definition) is 3. The summed E-state index contributed by atoms with van der Waals surface area (Å²) in [6.45, 7) is 5.13. The molecule has 2 heterocycles. The SMILES string of the molecule is CCCS(=O)(=O)N1CCC(NC(=O)Cn2c(C)cc3ccccc32)CC1. The number of nitrogens with zero attached hydrogens (tertiary/aromatic N) is 2. The third kappa shape index (κ3) is 4.10. The van der Waals surface area contributed by atoms with Crippen molar-refractivity contribution in [2.45, 2.75) is 45.7 Å². The molecule has 2 aromatic rings. The van der Waals surface area contributed by atoms with Gasteiger partial charge >= 0.3 is 0 Å². The maximum absolute atomic E-state index is 12.5. The van der Waals surface area contributed by atoms with Gasteiger partial charge in [0, 0.05) is 30.3 Å². The molecule has 1 saturated heterocycles. The molecule has 0 unspecified atom stereocenters. The van der Waals surface area contributed by atoms with Crippen LogP contribution in [0.2, 0.25) is 0 Å². The van der Waals surface area contributed by atoms with Gasteiger partial charge in [-0.05, 0) is 43.7 Å². The van der Waals surface area contributed by atoms with E-state index in [1.807, 2.05) is 42.7 Å². The third-order valence-corrected chi connectivity index (χ3v) is 7.07. The second-order valence-electron chi connectivity index (χ2n) is 6.99. The van der Waals surface area contributed by atoms with E-state index in [1.54, 1.807) is 4.31 Å². The van der Waals surface area contributed by atoms with Gasteiger partial charge in [-0.15, -0.1) is 0 Å². The lowest BCUT2D eigenvalue weighted by atomic mass is 10.1. The monoisotopic (exact) mass is 377 g/mol. The van der Waals surface area contributed by atoms with E-state index >= 15 is 0 Å². The molecule has 1 aromatic carbocycles. The number of fused-ring (bicyclic) bond motifs is 1. The van der Waals surface area contributed by atoms with Crippen LogP contribution in [0.5, 0.6) is 0 Å². The first-order valence-corrected chi connectivity index (χ1v) is 10.8. The Morgan fingerprint density at radius 3 is 2.62 bits per heavy atom. The summed E-state index contributed by atoms with van der Waals surface area (Å²) in [6, 6.07) is 10.2. The van der Waals surface area contributed by atoms with Crippen LogP contribution in [0.1, 0.15) is 31.9 Å². The molecule has 1 aliphatic rings. The molecule has 0 bridgehead atoms. The fourth-order valence-corrected chi connectivity index (χ4v) is 5.18. The highest BCUT2D eigenvalue weighted by Crippen LogP contribution is 2.19. The molecule has 26 heavy (non-hydrogen) atoms. The minimum absolute atomic E-state index is 0.0238. The van der Waals surface area contributed by atoms with Gasteiger partial charge in [0.25, 0.3) is 0 Å². The highest BCUT2D eigenvalue weighted by atomic mass is 32.2. The zero-order valence-corrected chi connectivity index (χ0v) is 16.3. The molecular weight excluding hydrogens is 350 g/mol. The number of aromatic nitrogens is 1. The lowest BCUT2D eigenvalue weighted by molar-refractivity contribution is -0.122. The van der Waals surface area contributed by atoms with E-state index in [0.29, 0.717) is 32.4 Å². The molecule has 1 aliphatic heterocycles. The predicted molar refractivity (Wildman–Crippen MR) is 103 cm³/mol. The fraction of sp³-hybridized carbons (Fsp3) is 0.526. The third-order valence-electron chi connectivity index (χ3n) is 4.99. The summed E-state index contributed by atoms with van der Waals surface area (Å²) in [5.74, 6) is 0.175. The molecule has 0 aliphatic carbocycles. The van der Waals surface area contributed by atoms with Crippen LogP contribution in [0, 0.1) is 6.92 Å². The maximum Gasteiger partial charge on any atom is 0.240 e. The smallest absolute Gasteiger partial charge is 0.240 e. The van der Waals surface area contributed by atoms with Gasteiger partial charge in [-0.25, -0.2) is 12.7 Å². The van der Waals surface area contributed by atoms with Gasteiger partial charge in [0.2, 0.25) is 15.9 Å². The molecule has 1 N–H and O–H groups in total. The topological polar surface area (TPSA) is 71.4 Å². The number of rotatable bonds is 6. The quantitative estimate of drug-likeness (QED) is 0.839. The summed E-state index contributed by atoms with van der Waals surface area (Å²) in [5, 5.41) is 4.20. The van der Waals surface area contributed by atoms with E-state index in [2.05, 4.69) is 11.4 Å². The number of amides is 1. The van der Waals surface area contributed by atoms with Gasteiger partial charge in [-0.1, -0.05) is 25.1 Å². The molecule has 1 aromatic heterocycles. The van der Waals surface area contributed by atoms with Gasteiger partial charge in [-0.3, -0.25) is 4.79 Å². The zero-order chi connectivity index (χ0) is 18.7. The van der Waals surface area contributed by atoms with Crippen LogP contribution in [-0.4, -0.2) is 48.1 Å². The summed E-state index contributed by atoms with van der Waals surface area (Å²) in [6.07, 6.45) is 1.96. The highest BCUT2D eigenvalue weighted by Gasteiger charge is 2.28. The number of piperidine rings is 1. The van der Waals surface area contributed by atoms with Crippen molar-refractivity contribution in [2.75, 3.05) is 18.8 Å². The van der Waals surface area contributed by atoms with E-state index in [-0.39, 0.29) is 24.2 Å².